The summed E-state index contributed by atoms with van der Waals surface area (Å²) in [6.07, 6.45) is 0. The number of carbonyl (C=O) groups is 2. The molecule has 3 amide bonds. The summed E-state index contributed by atoms with van der Waals surface area (Å²) in [6.45, 7) is -1.65. The van der Waals surface area contributed by atoms with Gasteiger partial charge < -0.3 is 20.7 Å². The van der Waals surface area contributed by atoms with E-state index in [1.54, 1.807) is 19.0 Å². The van der Waals surface area contributed by atoms with Crippen LogP contribution in [0.4, 0.5) is 25.5 Å². The van der Waals surface area contributed by atoms with E-state index in [-0.39, 0.29) is 30.0 Å². The molecule has 29 heavy (non-hydrogen) atoms. The number of nitrogens with one attached hydrogen (secondary N) is 1. The molecule has 0 saturated carbocycles. The zero-order valence-corrected chi connectivity index (χ0v) is 15.9. The monoisotopic (exact) mass is 407 g/mol. The molecule has 12 heteroatoms. The van der Waals surface area contributed by atoms with E-state index >= 15 is 0 Å². The zero-order chi connectivity index (χ0) is 21.3. The Morgan fingerprint density at radius 2 is 1.86 bits per heavy atom. The van der Waals surface area contributed by atoms with E-state index in [1.807, 2.05) is 0 Å². The van der Waals surface area contributed by atoms with Gasteiger partial charge in [0.2, 0.25) is 11.9 Å². The minimum atomic E-state index is -2.96. The molecule has 1 aliphatic heterocycles. The predicted octanol–water partition coefficient (Wildman–Crippen LogP) is 1.09. The van der Waals surface area contributed by atoms with Crippen molar-refractivity contribution in [2.24, 2.45) is 0 Å². The molecule has 10 nitrogen and oxygen atoms in total. The highest BCUT2D eigenvalue weighted by molar-refractivity contribution is 6.07. The maximum absolute atomic E-state index is 13.0. The van der Waals surface area contributed by atoms with Crippen molar-refractivity contribution in [1.82, 2.24) is 25.2 Å². The van der Waals surface area contributed by atoms with Crippen molar-refractivity contribution < 1.29 is 23.1 Å². The molecule has 1 saturated heterocycles. The lowest BCUT2D eigenvalue weighted by Gasteiger charge is -2.22. The summed E-state index contributed by atoms with van der Waals surface area (Å²) in [6, 6.07) is 4.82. The van der Waals surface area contributed by atoms with Crippen molar-refractivity contribution in [3.05, 3.63) is 35.7 Å². The lowest BCUT2D eigenvalue weighted by molar-refractivity contribution is -0.131. The molecule has 0 spiro atoms. The van der Waals surface area contributed by atoms with Gasteiger partial charge in [-0.1, -0.05) is 12.1 Å². The summed E-state index contributed by atoms with van der Waals surface area (Å²) in [5.41, 5.74) is 4.70. The van der Waals surface area contributed by atoms with Crippen LogP contribution in [0.2, 0.25) is 0 Å². The first kappa shape index (κ1) is 20.2. The van der Waals surface area contributed by atoms with E-state index in [1.165, 1.54) is 31.2 Å². The maximum Gasteiger partial charge on any atom is 0.387 e. The van der Waals surface area contributed by atoms with Gasteiger partial charge in [-0.2, -0.15) is 23.7 Å². The number of nitrogen functional groups attached to an aromatic ring is 1. The average molecular weight is 407 g/mol. The molecule has 154 valence electrons. The van der Waals surface area contributed by atoms with Crippen LogP contribution in [0.3, 0.4) is 0 Å². The van der Waals surface area contributed by atoms with Gasteiger partial charge >= 0.3 is 12.6 Å². The lowest BCUT2D eigenvalue weighted by atomic mass is 9.92. The van der Waals surface area contributed by atoms with E-state index in [4.69, 9.17) is 5.73 Å². The minimum Gasteiger partial charge on any atom is -0.435 e. The average Bonchev–Trinajstić information content (AvgIpc) is 2.85. The fourth-order valence-corrected chi connectivity index (χ4v) is 2.84. The van der Waals surface area contributed by atoms with E-state index in [0.717, 1.165) is 4.90 Å². The molecular weight excluding hydrogens is 388 g/mol. The second kappa shape index (κ2) is 7.45. The Hall–Kier alpha value is -3.57. The SMILES string of the molecule is CN(C)c1nc(N)nc(CN2C(=O)N[C@@](C)(c3ccc(OC(F)F)cc3)C2=O)n1. The van der Waals surface area contributed by atoms with Gasteiger partial charge in [0, 0.05) is 14.1 Å². The van der Waals surface area contributed by atoms with Gasteiger partial charge in [0.1, 0.15) is 11.3 Å². The van der Waals surface area contributed by atoms with E-state index in [2.05, 4.69) is 25.0 Å². The molecule has 0 unspecified atom stereocenters. The number of aromatic nitrogens is 3. The number of urea groups is 1. The molecule has 2 heterocycles. The van der Waals surface area contributed by atoms with Crippen LogP contribution in [0.5, 0.6) is 5.75 Å². The van der Waals surface area contributed by atoms with Crippen LogP contribution in [-0.4, -0.2) is 52.5 Å². The quantitative estimate of drug-likeness (QED) is 0.682. The molecular formula is C17H19F2N7O3. The molecule has 0 aliphatic carbocycles. The number of nitrogens with two attached hydrogens (primary N) is 1. The maximum atomic E-state index is 13.0. The normalized spacial score (nSPS) is 18.9. The van der Waals surface area contributed by atoms with Gasteiger partial charge in [0.15, 0.2) is 5.82 Å². The van der Waals surface area contributed by atoms with Crippen LogP contribution >= 0.6 is 0 Å². The highest BCUT2D eigenvalue weighted by Gasteiger charge is 2.49. The van der Waals surface area contributed by atoms with Gasteiger partial charge in [-0.3, -0.25) is 9.69 Å². The first-order valence-electron chi connectivity index (χ1n) is 8.47. The Labute approximate surface area is 164 Å². The third-order valence-electron chi connectivity index (χ3n) is 4.32. The summed E-state index contributed by atoms with van der Waals surface area (Å²) in [5.74, 6) is -0.206. The van der Waals surface area contributed by atoms with E-state index < -0.39 is 24.1 Å². The Morgan fingerprint density at radius 3 is 2.45 bits per heavy atom. The fourth-order valence-electron chi connectivity index (χ4n) is 2.84. The summed E-state index contributed by atoms with van der Waals surface area (Å²) in [7, 11) is 3.43. The van der Waals surface area contributed by atoms with Crippen LogP contribution in [0, 0.1) is 0 Å². The second-order valence-electron chi connectivity index (χ2n) is 6.65. The number of benzene rings is 1. The number of imide groups is 1. The summed E-state index contributed by atoms with van der Waals surface area (Å²) in [4.78, 5) is 40.1. The smallest absolute Gasteiger partial charge is 0.387 e. The molecule has 3 rings (SSSR count). The predicted molar refractivity (Wildman–Crippen MR) is 98.1 cm³/mol. The van der Waals surface area contributed by atoms with Crippen molar-refractivity contribution >= 4 is 23.8 Å². The highest BCUT2D eigenvalue weighted by atomic mass is 19.3. The molecule has 3 N–H and O–H groups in total. The molecule has 1 fully saturated rings. The molecule has 1 aromatic heterocycles. The fraction of sp³-hybridized carbons (Fsp3) is 0.353. The molecule has 2 aromatic rings. The van der Waals surface area contributed by atoms with Crippen LogP contribution in [0.15, 0.2) is 24.3 Å². The van der Waals surface area contributed by atoms with Crippen molar-refractivity contribution in [2.45, 2.75) is 25.6 Å². The van der Waals surface area contributed by atoms with Gasteiger partial charge in [-0.05, 0) is 24.6 Å². The summed E-state index contributed by atoms with van der Waals surface area (Å²) >= 11 is 0. The van der Waals surface area contributed by atoms with Crippen LogP contribution < -0.4 is 20.7 Å². The topological polar surface area (TPSA) is 127 Å². The Morgan fingerprint density at radius 1 is 1.21 bits per heavy atom. The van der Waals surface area contributed by atoms with Gasteiger partial charge in [-0.15, -0.1) is 0 Å². The first-order chi connectivity index (χ1) is 13.6. The van der Waals surface area contributed by atoms with Crippen molar-refractivity contribution in [1.29, 1.82) is 0 Å². The van der Waals surface area contributed by atoms with Gasteiger partial charge in [-0.25, -0.2) is 4.79 Å². The number of anilines is 2. The third-order valence-corrected chi connectivity index (χ3v) is 4.32. The number of carbonyl (C=O) groups excluding carboxylic acids is 2. The van der Waals surface area contributed by atoms with E-state index in [0.29, 0.717) is 5.56 Å². The molecule has 0 bridgehead atoms. The zero-order valence-electron chi connectivity index (χ0n) is 15.9. The van der Waals surface area contributed by atoms with Gasteiger partial charge in [0.05, 0.1) is 6.54 Å². The second-order valence-corrected chi connectivity index (χ2v) is 6.65. The summed E-state index contributed by atoms with van der Waals surface area (Å²) < 4.78 is 28.9. The van der Waals surface area contributed by atoms with E-state index in [9.17, 15) is 18.4 Å². The number of nitrogens with zero attached hydrogens (tertiary/aromatic N) is 5. The number of alkyl halides is 2. The van der Waals surface area contributed by atoms with Crippen LogP contribution in [0.25, 0.3) is 0 Å². The van der Waals surface area contributed by atoms with Crippen molar-refractivity contribution in [2.75, 3.05) is 24.7 Å². The third kappa shape index (κ3) is 4.00. The Balaban J connectivity index is 1.84. The standard InChI is InChI=1S/C17H19F2N7O3/c1-17(9-4-6-10(7-5-9)29-13(18)19)12(27)26(16(28)24-17)8-11-21-14(20)23-15(22-11)25(2)3/h4-7,13H,8H2,1-3H3,(H,24,28)(H2,20,21,22,23)/t17-/m0/s1. The van der Waals surface area contributed by atoms with Crippen LogP contribution in [-0.2, 0) is 16.9 Å². The lowest BCUT2D eigenvalue weighted by Crippen LogP contribution is -2.40. The largest absolute Gasteiger partial charge is 0.435 e. The Bertz CT molecular complexity index is 939. The molecule has 1 aliphatic rings. The molecule has 0 radical (unpaired) electrons. The minimum absolute atomic E-state index is 0.0388. The first-order valence-corrected chi connectivity index (χ1v) is 8.47. The number of hydrogen-bond donors (Lipinski definition) is 2. The summed E-state index contributed by atoms with van der Waals surface area (Å²) in [5, 5.41) is 2.61. The van der Waals surface area contributed by atoms with Gasteiger partial charge in [0.25, 0.3) is 5.91 Å². The number of rotatable bonds is 6. The highest BCUT2D eigenvalue weighted by Crippen LogP contribution is 2.31. The number of ether oxygens (including phenoxy) is 1. The molecule has 1 aromatic carbocycles. The Kier molecular flexibility index (Phi) is 5.18. The number of halogens is 2. The van der Waals surface area contributed by atoms with Crippen molar-refractivity contribution in [3.8, 4) is 5.75 Å². The number of amides is 3. The van der Waals surface area contributed by atoms with Crippen LogP contribution in [0.1, 0.15) is 18.3 Å². The molecule has 1 atom stereocenters. The number of hydrogen-bond acceptors (Lipinski definition) is 8. The van der Waals surface area contributed by atoms with Crippen molar-refractivity contribution in [3.63, 3.8) is 0 Å².